The Bertz CT molecular complexity index is 799. The van der Waals surface area contributed by atoms with Gasteiger partial charge < -0.3 is 9.64 Å². The van der Waals surface area contributed by atoms with Crippen molar-refractivity contribution in [1.29, 1.82) is 0 Å². The van der Waals surface area contributed by atoms with E-state index in [0.717, 1.165) is 16.8 Å². The molecular formula is C23H25NO3. The maximum absolute atomic E-state index is 12.9. The summed E-state index contributed by atoms with van der Waals surface area (Å²) < 4.78 is 5.26. The fourth-order valence-electron chi connectivity index (χ4n) is 3.34. The van der Waals surface area contributed by atoms with Crippen LogP contribution < -0.4 is 0 Å². The second-order valence-electron chi connectivity index (χ2n) is 6.63. The van der Waals surface area contributed by atoms with Gasteiger partial charge in [-0.3, -0.25) is 9.59 Å². The van der Waals surface area contributed by atoms with Crippen LogP contribution in [0.25, 0.3) is 5.70 Å². The van der Waals surface area contributed by atoms with E-state index in [1.807, 2.05) is 73.7 Å². The minimum atomic E-state index is -0.341. The molecule has 1 amide bonds. The molecule has 27 heavy (non-hydrogen) atoms. The number of esters is 1. The lowest BCUT2D eigenvalue weighted by Crippen LogP contribution is -2.32. The number of carbonyl (C=O) groups excluding carboxylic acids is 2. The topological polar surface area (TPSA) is 46.6 Å². The van der Waals surface area contributed by atoms with Crippen molar-refractivity contribution in [3.63, 3.8) is 0 Å². The van der Waals surface area contributed by atoms with Crippen molar-refractivity contribution in [2.24, 2.45) is 5.92 Å². The number of benzene rings is 2. The van der Waals surface area contributed by atoms with Crippen molar-refractivity contribution < 1.29 is 14.3 Å². The third-order valence-corrected chi connectivity index (χ3v) is 4.70. The first kappa shape index (κ1) is 18.9. The van der Waals surface area contributed by atoms with Crippen LogP contribution >= 0.6 is 0 Å². The van der Waals surface area contributed by atoms with Crippen molar-refractivity contribution in [3.05, 3.63) is 77.9 Å². The highest BCUT2D eigenvalue weighted by molar-refractivity contribution is 5.89. The van der Waals surface area contributed by atoms with Gasteiger partial charge >= 0.3 is 5.97 Å². The van der Waals surface area contributed by atoms with Crippen LogP contribution in [0.5, 0.6) is 0 Å². The van der Waals surface area contributed by atoms with E-state index in [0.29, 0.717) is 32.4 Å². The van der Waals surface area contributed by atoms with Crippen LogP contribution in [-0.2, 0) is 20.9 Å². The van der Waals surface area contributed by atoms with Crippen LogP contribution in [0.1, 0.15) is 37.3 Å². The van der Waals surface area contributed by atoms with E-state index in [2.05, 4.69) is 0 Å². The number of amides is 1. The summed E-state index contributed by atoms with van der Waals surface area (Å²) in [5.74, 6) is -0.484. The molecule has 4 nitrogen and oxygen atoms in total. The smallest absolute Gasteiger partial charge is 0.312 e. The van der Waals surface area contributed by atoms with Gasteiger partial charge in [0.2, 0.25) is 5.91 Å². The molecule has 0 aliphatic carbocycles. The van der Waals surface area contributed by atoms with E-state index < -0.39 is 0 Å². The summed E-state index contributed by atoms with van der Waals surface area (Å²) in [7, 11) is 0. The van der Waals surface area contributed by atoms with E-state index in [4.69, 9.17) is 4.74 Å². The highest BCUT2D eigenvalue weighted by Crippen LogP contribution is 2.29. The molecule has 1 aliphatic rings. The summed E-state index contributed by atoms with van der Waals surface area (Å²) in [6.45, 7) is 2.65. The summed E-state index contributed by atoms with van der Waals surface area (Å²) >= 11 is 0. The Morgan fingerprint density at radius 1 is 1.07 bits per heavy atom. The highest BCUT2D eigenvalue weighted by Gasteiger charge is 2.27. The predicted molar refractivity (Wildman–Crippen MR) is 105 cm³/mol. The maximum Gasteiger partial charge on any atom is 0.312 e. The molecule has 4 heteroatoms. The zero-order valence-corrected chi connectivity index (χ0v) is 15.6. The molecule has 1 unspecified atom stereocenters. The van der Waals surface area contributed by atoms with Crippen LogP contribution in [0.2, 0.25) is 0 Å². The largest absolute Gasteiger partial charge is 0.466 e. The van der Waals surface area contributed by atoms with Crippen molar-refractivity contribution in [3.8, 4) is 0 Å². The fraction of sp³-hybridized carbons (Fsp3) is 0.304. The number of rotatable bonds is 5. The van der Waals surface area contributed by atoms with Gasteiger partial charge in [-0.05, 0) is 37.0 Å². The second kappa shape index (κ2) is 9.17. The van der Waals surface area contributed by atoms with Crippen LogP contribution in [-0.4, -0.2) is 23.4 Å². The number of carbonyl (C=O) groups is 2. The van der Waals surface area contributed by atoms with Crippen molar-refractivity contribution >= 4 is 17.6 Å². The molecule has 0 radical (unpaired) electrons. The van der Waals surface area contributed by atoms with Crippen LogP contribution in [0.15, 0.2) is 66.7 Å². The van der Waals surface area contributed by atoms with Crippen LogP contribution in [0.4, 0.5) is 0 Å². The Morgan fingerprint density at radius 2 is 1.74 bits per heavy atom. The first-order valence-corrected chi connectivity index (χ1v) is 9.47. The number of hydrogen-bond acceptors (Lipinski definition) is 3. The molecule has 0 bridgehead atoms. The van der Waals surface area contributed by atoms with E-state index in [1.54, 1.807) is 4.90 Å². The van der Waals surface area contributed by atoms with E-state index in [-0.39, 0.29) is 17.8 Å². The SMILES string of the molecule is CCOC(=O)C1/C=C(/c2ccccc2)N(Cc2ccccc2)C(=O)CCC1. The van der Waals surface area contributed by atoms with Gasteiger partial charge in [-0.15, -0.1) is 0 Å². The molecule has 2 aromatic carbocycles. The van der Waals surface area contributed by atoms with Gasteiger partial charge in [0.05, 0.1) is 19.1 Å². The zero-order chi connectivity index (χ0) is 19.1. The molecular weight excluding hydrogens is 338 g/mol. The van der Waals surface area contributed by atoms with Gasteiger partial charge in [0, 0.05) is 12.1 Å². The molecule has 1 heterocycles. The Balaban J connectivity index is 2.02. The normalized spacial score (nSPS) is 19.6. The Kier molecular flexibility index (Phi) is 6.42. The molecule has 140 valence electrons. The summed E-state index contributed by atoms with van der Waals surface area (Å²) in [5.41, 5.74) is 2.76. The van der Waals surface area contributed by atoms with Gasteiger partial charge in [-0.25, -0.2) is 0 Å². The molecule has 1 atom stereocenters. The first-order valence-electron chi connectivity index (χ1n) is 9.47. The Labute approximate surface area is 160 Å². The van der Waals surface area contributed by atoms with Gasteiger partial charge in [-0.1, -0.05) is 60.7 Å². The summed E-state index contributed by atoms with van der Waals surface area (Å²) in [6.07, 6.45) is 3.63. The lowest BCUT2D eigenvalue weighted by molar-refractivity contribution is -0.147. The quantitative estimate of drug-likeness (QED) is 0.739. The summed E-state index contributed by atoms with van der Waals surface area (Å²) in [4.78, 5) is 27.1. The molecule has 1 aliphatic heterocycles. The number of hydrogen-bond donors (Lipinski definition) is 0. The third-order valence-electron chi connectivity index (χ3n) is 4.70. The van der Waals surface area contributed by atoms with Gasteiger partial charge in [0.15, 0.2) is 0 Å². The molecule has 2 aromatic rings. The van der Waals surface area contributed by atoms with Crippen molar-refractivity contribution in [1.82, 2.24) is 4.90 Å². The molecule has 0 saturated heterocycles. The maximum atomic E-state index is 12.9. The third kappa shape index (κ3) is 4.85. The first-order chi connectivity index (χ1) is 13.2. The molecule has 3 rings (SSSR count). The molecule has 0 fully saturated rings. The number of nitrogens with zero attached hydrogens (tertiary/aromatic N) is 1. The standard InChI is InChI=1S/C23H25NO3/c1-2-27-23(26)20-14-9-15-22(25)24(17-18-10-5-3-6-11-18)21(16-20)19-12-7-4-8-13-19/h3-8,10-13,16,20H,2,9,14-15,17H2,1H3/b21-16-. The Hall–Kier alpha value is -2.88. The molecule has 0 saturated carbocycles. The van der Waals surface area contributed by atoms with Crippen LogP contribution in [0, 0.1) is 5.92 Å². The average molecular weight is 363 g/mol. The van der Waals surface area contributed by atoms with Gasteiger partial charge in [-0.2, -0.15) is 0 Å². The highest BCUT2D eigenvalue weighted by atomic mass is 16.5. The number of ether oxygens (including phenoxy) is 1. The van der Waals surface area contributed by atoms with E-state index >= 15 is 0 Å². The van der Waals surface area contributed by atoms with Crippen molar-refractivity contribution in [2.45, 2.75) is 32.7 Å². The van der Waals surface area contributed by atoms with Crippen molar-refractivity contribution in [2.75, 3.05) is 6.61 Å². The van der Waals surface area contributed by atoms with Gasteiger partial charge in [0.25, 0.3) is 0 Å². The lowest BCUT2D eigenvalue weighted by atomic mass is 9.95. The van der Waals surface area contributed by atoms with E-state index in [1.165, 1.54) is 0 Å². The predicted octanol–water partition coefficient (Wildman–Crippen LogP) is 4.42. The Morgan fingerprint density at radius 3 is 2.41 bits per heavy atom. The van der Waals surface area contributed by atoms with E-state index in [9.17, 15) is 9.59 Å². The summed E-state index contributed by atoms with van der Waals surface area (Å²) in [5, 5.41) is 0. The average Bonchev–Trinajstić information content (AvgIpc) is 2.69. The zero-order valence-electron chi connectivity index (χ0n) is 15.6. The monoisotopic (exact) mass is 363 g/mol. The second-order valence-corrected chi connectivity index (χ2v) is 6.63. The summed E-state index contributed by atoms with van der Waals surface area (Å²) in [6, 6.07) is 19.7. The lowest BCUT2D eigenvalue weighted by Gasteiger charge is -2.29. The molecule has 0 aromatic heterocycles. The van der Waals surface area contributed by atoms with Gasteiger partial charge in [0.1, 0.15) is 0 Å². The minimum Gasteiger partial charge on any atom is -0.466 e. The fourth-order valence-corrected chi connectivity index (χ4v) is 3.34. The molecule has 0 N–H and O–H groups in total. The van der Waals surface area contributed by atoms with Crippen LogP contribution in [0.3, 0.4) is 0 Å². The molecule has 0 spiro atoms. The minimum absolute atomic E-state index is 0.0799.